The van der Waals surface area contributed by atoms with E-state index in [1.165, 1.54) is 19.3 Å². The minimum Gasteiger partial charge on any atom is -0.384 e. The molecule has 2 aliphatic rings. The first-order valence-electron chi connectivity index (χ1n) is 8.39. The molecule has 2 atom stereocenters. The molecule has 0 aromatic heterocycles. The zero-order valence-electron chi connectivity index (χ0n) is 14.5. The first-order valence-corrected chi connectivity index (χ1v) is 8.39. The highest BCUT2D eigenvalue weighted by atomic mass is 127. The van der Waals surface area contributed by atoms with Crippen LogP contribution in [-0.4, -0.2) is 74.8 Å². The van der Waals surface area contributed by atoms with E-state index in [0.29, 0.717) is 12.0 Å². The van der Waals surface area contributed by atoms with E-state index in [2.05, 4.69) is 36.0 Å². The summed E-state index contributed by atoms with van der Waals surface area (Å²) < 4.78 is 5.28. The van der Waals surface area contributed by atoms with Gasteiger partial charge in [0.25, 0.3) is 0 Å². The van der Waals surface area contributed by atoms with Crippen LogP contribution in [0.1, 0.15) is 33.1 Å². The summed E-state index contributed by atoms with van der Waals surface area (Å²) in [6.07, 6.45) is 3.92. The molecule has 2 rings (SSSR count). The first-order chi connectivity index (χ1) is 10.2. The number of ether oxygens (including phenoxy) is 1. The van der Waals surface area contributed by atoms with Crippen molar-refractivity contribution in [3.05, 3.63) is 0 Å². The molecule has 0 radical (unpaired) electrons. The van der Waals surface area contributed by atoms with E-state index in [-0.39, 0.29) is 24.0 Å². The molecular weight excluding hydrogens is 391 g/mol. The van der Waals surface area contributed by atoms with Gasteiger partial charge in [-0.25, -0.2) is 0 Å². The average molecular weight is 424 g/mol. The van der Waals surface area contributed by atoms with Crippen LogP contribution < -0.4 is 5.32 Å². The third-order valence-electron chi connectivity index (χ3n) is 4.65. The lowest BCUT2D eigenvalue weighted by atomic mass is 10.1. The fourth-order valence-corrected chi connectivity index (χ4v) is 3.01. The molecule has 1 heterocycles. The zero-order chi connectivity index (χ0) is 15.2. The van der Waals surface area contributed by atoms with Crippen molar-refractivity contribution in [2.24, 2.45) is 10.9 Å². The number of nitrogens with one attached hydrogen (secondary N) is 1. The molecule has 1 saturated heterocycles. The Kier molecular flexibility index (Phi) is 9.01. The van der Waals surface area contributed by atoms with Crippen LogP contribution in [0.2, 0.25) is 0 Å². The van der Waals surface area contributed by atoms with E-state index < -0.39 is 0 Å². The monoisotopic (exact) mass is 424 g/mol. The predicted molar refractivity (Wildman–Crippen MR) is 103 cm³/mol. The second kappa shape index (κ2) is 9.93. The molecule has 0 aromatic rings. The molecule has 5 nitrogen and oxygen atoms in total. The fourth-order valence-electron chi connectivity index (χ4n) is 3.01. The van der Waals surface area contributed by atoms with Crippen LogP contribution in [0.15, 0.2) is 4.99 Å². The number of guanidine groups is 1. The number of likely N-dealkylation sites (tertiary alicyclic amines) is 1. The van der Waals surface area contributed by atoms with Crippen LogP contribution in [0.4, 0.5) is 0 Å². The van der Waals surface area contributed by atoms with Crippen molar-refractivity contribution in [3.63, 3.8) is 0 Å². The summed E-state index contributed by atoms with van der Waals surface area (Å²) in [4.78, 5) is 9.73. The second-order valence-electron chi connectivity index (χ2n) is 6.50. The quantitative estimate of drug-likeness (QED) is 0.386. The van der Waals surface area contributed by atoms with E-state index in [1.807, 2.05) is 0 Å². The fraction of sp³-hybridized carbons (Fsp3) is 0.938. The van der Waals surface area contributed by atoms with Gasteiger partial charge in [0.15, 0.2) is 5.96 Å². The Bertz CT molecular complexity index is 349. The largest absolute Gasteiger partial charge is 0.384 e. The van der Waals surface area contributed by atoms with Gasteiger partial charge >= 0.3 is 0 Å². The summed E-state index contributed by atoms with van der Waals surface area (Å²) >= 11 is 0. The lowest BCUT2D eigenvalue weighted by molar-refractivity contribution is 0.157. The van der Waals surface area contributed by atoms with E-state index >= 15 is 0 Å². The molecule has 1 N–H and O–H groups in total. The van der Waals surface area contributed by atoms with Crippen LogP contribution in [0.25, 0.3) is 0 Å². The third kappa shape index (κ3) is 5.85. The number of methoxy groups -OCH3 is 1. The van der Waals surface area contributed by atoms with Crippen molar-refractivity contribution in [2.75, 3.05) is 46.9 Å². The minimum atomic E-state index is 0. The molecule has 22 heavy (non-hydrogen) atoms. The summed E-state index contributed by atoms with van der Waals surface area (Å²) in [5.41, 5.74) is 0. The molecule has 2 fully saturated rings. The standard InChI is InChI=1S/C16H32N4O.HI/c1-5-17-16(20-9-8-14(11-20)12-21-4)18-10-13(2)19(3)15-6-7-15;/h13-15H,5-12H2,1-4H3,(H,17,18);1H. The molecule has 0 spiro atoms. The van der Waals surface area contributed by atoms with Gasteiger partial charge in [0, 0.05) is 44.7 Å². The summed E-state index contributed by atoms with van der Waals surface area (Å²) in [5, 5.41) is 3.44. The Morgan fingerprint density at radius 1 is 1.41 bits per heavy atom. The summed E-state index contributed by atoms with van der Waals surface area (Å²) in [6, 6.07) is 1.32. The van der Waals surface area contributed by atoms with Gasteiger partial charge in [0.1, 0.15) is 0 Å². The number of likely N-dealkylation sites (N-methyl/N-ethyl adjacent to an activating group) is 1. The Labute approximate surface area is 152 Å². The second-order valence-corrected chi connectivity index (χ2v) is 6.50. The summed E-state index contributed by atoms with van der Waals surface area (Å²) in [6.45, 7) is 9.23. The van der Waals surface area contributed by atoms with Crippen LogP contribution in [0.3, 0.4) is 0 Å². The van der Waals surface area contributed by atoms with Crippen molar-refractivity contribution < 1.29 is 4.74 Å². The van der Waals surface area contributed by atoms with Crippen molar-refractivity contribution >= 4 is 29.9 Å². The normalized spacial score (nSPS) is 23.6. The Morgan fingerprint density at radius 3 is 2.73 bits per heavy atom. The lowest BCUT2D eigenvalue weighted by Gasteiger charge is -2.25. The van der Waals surface area contributed by atoms with Gasteiger partial charge in [-0.1, -0.05) is 0 Å². The smallest absolute Gasteiger partial charge is 0.193 e. The van der Waals surface area contributed by atoms with Gasteiger partial charge in [0.2, 0.25) is 0 Å². The molecular formula is C16H33IN4O. The number of hydrogen-bond donors (Lipinski definition) is 1. The maximum atomic E-state index is 5.28. The maximum absolute atomic E-state index is 5.28. The number of rotatable bonds is 7. The van der Waals surface area contributed by atoms with Gasteiger partial charge in [-0.05, 0) is 40.2 Å². The topological polar surface area (TPSA) is 40.1 Å². The van der Waals surface area contributed by atoms with Crippen LogP contribution in [-0.2, 0) is 4.74 Å². The molecule has 130 valence electrons. The minimum absolute atomic E-state index is 0. The molecule has 2 unspecified atom stereocenters. The molecule has 1 aliphatic heterocycles. The zero-order valence-corrected chi connectivity index (χ0v) is 16.9. The van der Waals surface area contributed by atoms with E-state index in [1.54, 1.807) is 7.11 Å². The van der Waals surface area contributed by atoms with Gasteiger partial charge in [-0.15, -0.1) is 24.0 Å². The van der Waals surface area contributed by atoms with E-state index in [0.717, 1.165) is 44.8 Å². The molecule has 0 bridgehead atoms. The van der Waals surface area contributed by atoms with Crippen LogP contribution >= 0.6 is 24.0 Å². The Hall–Kier alpha value is -0.0800. The molecule has 0 aromatic carbocycles. The molecule has 0 amide bonds. The summed E-state index contributed by atoms with van der Waals surface area (Å²) in [5.74, 6) is 1.72. The number of nitrogens with zero attached hydrogens (tertiary/aromatic N) is 3. The van der Waals surface area contributed by atoms with E-state index in [9.17, 15) is 0 Å². The lowest BCUT2D eigenvalue weighted by Crippen LogP contribution is -2.41. The first kappa shape index (κ1) is 20.0. The SMILES string of the molecule is CCNC(=NCC(C)N(C)C1CC1)N1CCC(COC)C1.I. The Balaban J connectivity index is 0.00000242. The summed E-state index contributed by atoms with van der Waals surface area (Å²) in [7, 11) is 4.02. The highest BCUT2D eigenvalue weighted by Crippen LogP contribution is 2.27. The van der Waals surface area contributed by atoms with Crippen molar-refractivity contribution in [1.29, 1.82) is 0 Å². The van der Waals surface area contributed by atoms with Crippen molar-refractivity contribution in [2.45, 2.75) is 45.2 Å². The Morgan fingerprint density at radius 2 is 2.14 bits per heavy atom. The molecule has 1 aliphatic carbocycles. The predicted octanol–water partition coefficient (Wildman–Crippen LogP) is 2.02. The van der Waals surface area contributed by atoms with Crippen molar-refractivity contribution in [3.8, 4) is 0 Å². The number of hydrogen-bond acceptors (Lipinski definition) is 3. The number of aliphatic imine (C=N–C) groups is 1. The van der Waals surface area contributed by atoms with Gasteiger partial charge in [0.05, 0.1) is 13.2 Å². The highest BCUT2D eigenvalue weighted by molar-refractivity contribution is 14.0. The van der Waals surface area contributed by atoms with Crippen LogP contribution in [0, 0.1) is 5.92 Å². The highest BCUT2D eigenvalue weighted by Gasteiger charge is 2.29. The van der Waals surface area contributed by atoms with Crippen molar-refractivity contribution in [1.82, 2.24) is 15.1 Å². The van der Waals surface area contributed by atoms with Gasteiger partial charge < -0.3 is 15.0 Å². The molecule has 6 heteroatoms. The van der Waals surface area contributed by atoms with Gasteiger partial charge in [-0.3, -0.25) is 9.89 Å². The van der Waals surface area contributed by atoms with Gasteiger partial charge in [-0.2, -0.15) is 0 Å². The molecule has 1 saturated carbocycles. The average Bonchev–Trinajstić information content (AvgIpc) is 3.23. The van der Waals surface area contributed by atoms with E-state index in [4.69, 9.17) is 9.73 Å². The third-order valence-corrected chi connectivity index (χ3v) is 4.65. The number of halogens is 1. The van der Waals surface area contributed by atoms with Crippen LogP contribution in [0.5, 0.6) is 0 Å². The maximum Gasteiger partial charge on any atom is 0.193 e.